The van der Waals surface area contributed by atoms with Crippen LogP contribution in [-0.4, -0.2) is 49.8 Å². The Morgan fingerprint density at radius 2 is 1.86 bits per heavy atom. The van der Waals surface area contributed by atoms with E-state index in [2.05, 4.69) is 5.32 Å². The monoisotopic (exact) mass is 432 g/mol. The van der Waals surface area contributed by atoms with E-state index in [0.29, 0.717) is 12.5 Å². The van der Waals surface area contributed by atoms with Crippen molar-refractivity contribution in [2.75, 3.05) is 19.7 Å². The second kappa shape index (κ2) is 9.17. The molecule has 0 bridgehead atoms. The number of nitrogens with one attached hydrogen (secondary N) is 1. The lowest BCUT2D eigenvalue weighted by molar-refractivity contribution is -0.154. The van der Waals surface area contributed by atoms with Gasteiger partial charge in [0.15, 0.2) is 6.61 Å². The average molecular weight is 432 g/mol. The number of esters is 1. The highest BCUT2D eigenvalue weighted by atomic mass is 32.2. The molecular weight excluding hydrogens is 406 g/mol. The van der Waals surface area contributed by atoms with Gasteiger partial charge in [-0.1, -0.05) is 6.92 Å². The van der Waals surface area contributed by atoms with E-state index in [4.69, 9.17) is 4.74 Å². The summed E-state index contributed by atoms with van der Waals surface area (Å²) in [5.41, 5.74) is -0.407. The predicted octanol–water partition coefficient (Wildman–Crippen LogP) is 2.21. The van der Waals surface area contributed by atoms with Crippen LogP contribution in [0, 0.1) is 17.6 Å². The number of amides is 1. The number of carbonyl (C=O) groups is 2. The van der Waals surface area contributed by atoms with E-state index in [-0.39, 0.29) is 25.9 Å². The molecule has 162 valence electrons. The van der Waals surface area contributed by atoms with Crippen LogP contribution in [0.25, 0.3) is 0 Å². The first-order valence-corrected chi connectivity index (χ1v) is 10.8. The molecule has 1 saturated heterocycles. The minimum atomic E-state index is -4.21. The van der Waals surface area contributed by atoms with Gasteiger partial charge in [0.1, 0.15) is 16.5 Å². The maximum Gasteiger partial charge on any atom is 0.309 e. The van der Waals surface area contributed by atoms with E-state index >= 15 is 0 Å². The summed E-state index contributed by atoms with van der Waals surface area (Å²) in [6.07, 6.45) is 1.04. The Balaban J connectivity index is 1.90. The molecule has 1 N–H and O–H groups in total. The first-order chi connectivity index (χ1) is 13.5. The minimum absolute atomic E-state index is 0.0346. The van der Waals surface area contributed by atoms with E-state index in [9.17, 15) is 26.8 Å². The number of piperidine rings is 1. The highest BCUT2D eigenvalue weighted by molar-refractivity contribution is 7.89. The van der Waals surface area contributed by atoms with Crippen molar-refractivity contribution in [3.8, 4) is 0 Å². The molecule has 0 aromatic heterocycles. The number of rotatable bonds is 7. The molecule has 7 nitrogen and oxygen atoms in total. The summed E-state index contributed by atoms with van der Waals surface area (Å²) in [5, 5.41) is 2.75. The molecule has 1 heterocycles. The van der Waals surface area contributed by atoms with Crippen molar-refractivity contribution in [2.24, 2.45) is 5.92 Å². The van der Waals surface area contributed by atoms with E-state index in [1.807, 2.05) is 20.8 Å². The normalized spacial score (nSPS) is 16.4. The van der Waals surface area contributed by atoms with Crippen molar-refractivity contribution < 1.29 is 31.5 Å². The van der Waals surface area contributed by atoms with Gasteiger partial charge >= 0.3 is 5.97 Å². The van der Waals surface area contributed by atoms with Crippen molar-refractivity contribution in [2.45, 2.75) is 50.5 Å². The molecule has 0 saturated carbocycles. The number of carbonyl (C=O) groups excluding carboxylic acids is 2. The van der Waals surface area contributed by atoms with Gasteiger partial charge in [-0.2, -0.15) is 4.31 Å². The standard InChI is InChI=1S/C19H26F2N2O5S/c1-4-19(2,3)22-17(24)12-28-18(25)13-7-9-23(10-8-13)29(26,27)16-11-14(20)5-6-15(16)21/h5-6,11,13H,4,7-10,12H2,1-3H3,(H,22,24). The molecule has 1 aliphatic heterocycles. The van der Waals surface area contributed by atoms with Gasteiger partial charge in [-0.15, -0.1) is 0 Å². The summed E-state index contributed by atoms with van der Waals surface area (Å²) in [6.45, 7) is 5.15. The molecule has 1 aromatic rings. The zero-order valence-corrected chi connectivity index (χ0v) is 17.5. The number of benzene rings is 1. The van der Waals surface area contributed by atoms with Crippen LogP contribution in [0.3, 0.4) is 0 Å². The Kier molecular flexibility index (Phi) is 7.34. The second-order valence-corrected chi connectivity index (χ2v) is 9.55. The first kappa shape index (κ1) is 23.2. The fourth-order valence-corrected chi connectivity index (χ4v) is 4.45. The highest BCUT2D eigenvalue weighted by Gasteiger charge is 2.34. The third-order valence-corrected chi connectivity index (χ3v) is 6.92. The Morgan fingerprint density at radius 1 is 1.24 bits per heavy atom. The van der Waals surface area contributed by atoms with Crippen LogP contribution < -0.4 is 5.32 Å². The molecule has 10 heteroatoms. The third-order valence-electron chi connectivity index (χ3n) is 5.01. The molecule has 2 rings (SSSR count). The molecule has 1 aromatic carbocycles. The number of ether oxygens (including phenoxy) is 1. The zero-order chi connectivity index (χ0) is 21.8. The number of hydrogen-bond donors (Lipinski definition) is 1. The number of nitrogens with zero attached hydrogens (tertiary/aromatic N) is 1. The van der Waals surface area contributed by atoms with Gasteiger partial charge < -0.3 is 10.1 Å². The predicted molar refractivity (Wildman–Crippen MR) is 101 cm³/mol. The van der Waals surface area contributed by atoms with Crippen LogP contribution in [0.4, 0.5) is 8.78 Å². The summed E-state index contributed by atoms with van der Waals surface area (Å²) < 4.78 is 58.4. The average Bonchev–Trinajstić information content (AvgIpc) is 2.67. The first-order valence-electron chi connectivity index (χ1n) is 9.39. The maximum atomic E-state index is 13.9. The van der Waals surface area contributed by atoms with E-state index < -0.39 is 56.5 Å². The Morgan fingerprint density at radius 3 is 2.45 bits per heavy atom. The summed E-state index contributed by atoms with van der Waals surface area (Å²) in [4.78, 5) is 23.3. The molecule has 29 heavy (non-hydrogen) atoms. The molecule has 0 spiro atoms. The van der Waals surface area contributed by atoms with E-state index in [1.165, 1.54) is 0 Å². The third kappa shape index (κ3) is 5.96. The van der Waals surface area contributed by atoms with Gasteiger partial charge in [-0.25, -0.2) is 17.2 Å². The molecule has 0 unspecified atom stereocenters. The fraction of sp³-hybridized carbons (Fsp3) is 0.579. The van der Waals surface area contributed by atoms with Crippen LogP contribution in [0.15, 0.2) is 23.1 Å². The van der Waals surface area contributed by atoms with Gasteiger partial charge in [-0.05, 0) is 51.3 Å². The molecule has 0 aliphatic carbocycles. The van der Waals surface area contributed by atoms with Crippen LogP contribution in [-0.2, 0) is 24.3 Å². The topological polar surface area (TPSA) is 92.8 Å². The lowest BCUT2D eigenvalue weighted by Gasteiger charge is -2.30. The second-order valence-electron chi connectivity index (χ2n) is 7.65. The van der Waals surface area contributed by atoms with Crippen molar-refractivity contribution >= 4 is 21.9 Å². The Bertz CT molecular complexity index is 865. The summed E-state index contributed by atoms with van der Waals surface area (Å²) in [7, 11) is -4.21. The molecular formula is C19H26F2N2O5S. The molecule has 1 fully saturated rings. The zero-order valence-electron chi connectivity index (χ0n) is 16.7. The van der Waals surface area contributed by atoms with Crippen molar-refractivity contribution in [3.05, 3.63) is 29.8 Å². The SMILES string of the molecule is CCC(C)(C)NC(=O)COC(=O)C1CCN(S(=O)(=O)c2cc(F)ccc2F)CC1. The van der Waals surface area contributed by atoms with Crippen molar-refractivity contribution in [1.29, 1.82) is 0 Å². The molecule has 1 aliphatic rings. The van der Waals surface area contributed by atoms with Crippen molar-refractivity contribution in [1.82, 2.24) is 9.62 Å². The van der Waals surface area contributed by atoms with E-state index in [1.54, 1.807) is 0 Å². The molecule has 1 amide bonds. The number of halogens is 2. The Labute approximate surface area is 169 Å². The lowest BCUT2D eigenvalue weighted by atomic mass is 9.98. The smallest absolute Gasteiger partial charge is 0.309 e. The molecule has 0 atom stereocenters. The fourth-order valence-electron chi connectivity index (χ4n) is 2.90. The maximum absolute atomic E-state index is 13.9. The van der Waals surface area contributed by atoms with Gasteiger partial charge in [0.2, 0.25) is 10.0 Å². The van der Waals surface area contributed by atoms with Crippen molar-refractivity contribution in [3.63, 3.8) is 0 Å². The minimum Gasteiger partial charge on any atom is -0.455 e. The number of sulfonamides is 1. The summed E-state index contributed by atoms with van der Waals surface area (Å²) in [6, 6.07) is 2.24. The lowest BCUT2D eigenvalue weighted by Crippen LogP contribution is -2.45. The quantitative estimate of drug-likeness (QED) is 0.667. The number of hydrogen-bond acceptors (Lipinski definition) is 5. The van der Waals surface area contributed by atoms with Gasteiger partial charge in [0, 0.05) is 18.6 Å². The highest BCUT2D eigenvalue weighted by Crippen LogP contribution is 2.26. The van der Waals surface area contributed by atoms with Gasteiger partial charge in [-0.3, -0.25) is 9.59 Å². The van der Waals surface area contributed by atoms with Crippen LogP contribution in [0.1, 0.15) is 40.0 Å². The van der Waals surface area contributed by atoms with Crippen LogP contribution in [0.2, 0.25) is 0 Å². The summed E-state index contributed by atoms with van der Waals surface area (Å²) >= 11 is 0. The Hall–Kier alpha value is -2.07. The van der Waals surface area contributed by atoms with E-state index in [0.717, 1.165) is 16.4 Å². The summed E-state index contributed by atoms with van der Waals surface area (Å²) in [5.74, 6) is -3.44. The largest absolute Gasteiger partial charge is 0.455 e. The van der Waals surface area contributed by atoms with Crippen LogP contribution >= 0.6 is 0 Å². The van der Waals surface area contributed by atoms with Gasteiger partial charge in [0.25, 0.3) is 5.91 Å². The molecule has 0 radical (unpaired) electrons. The van der Waals surface area contributed by atoms with Gasteiger partial charge in [0.05, 0.1) is 5.92 Å². The van der Waals surface area contributed by atoms with Crippen LogP contribution in [0.5, 0.6) is 0 Å².